The SMILES string of the molecule is N#Cc1c(N)nc(N)nc1-c1ccc(OCc2ccccc2Br)cc1. The maximum atomic E-state index is 9.26. The van der Waals surface area contributed by atoms with Gasteiger partial charge in [-0.1, -0.05) is 34.1 Å². The molecule has 0 fully saturated rings. The second-order valence-corrected chi connectivity index (χ2v) is 6.06. The van der Waals surface area contributed by atoms with Crippen molar-refractivity contribution in [1.82, 2.24) is 9.97 Å². The maximum absolute atomic E-state index is 9.26. The summed E-state index contributed by atoms with van der Waals surface area (Å²) in [6.45, 7) is 0.442. The summed E-state index contributed by atoms with van der Waals surface area (Å²) in [4.78, 5) is 7.94. The molecule has 0 atom stereocenters. The highest BCUT2D eigenvalue weighted by Gasteiger charge is 2.13. The van der Waals surface area contributed by atoms with Crippen LogP contribution >= 0.6 is 15.9 Å². The molecule has 0 unspecified atom stereocenters. The zero-order chi connectivity index (χ0) is 17.8. The number of rotatable bonds is 4. The molecular formula is C18H14BrN5O. The van der Waals surface area contributed by atoms with Gasteiger partial charge < -0.3 is 16.2 Å². The van der Waals surface area contributed by atoms with Crippen LogP contribution in [-0.2, 0) is 6.61 Å². The standard InChI is InChI=1S/C18H14BrN5O/c19-15-4-2-1-3-12(15)10-25-13-7-5-11(6-8-13)16-14(9-20)17(21)24-18(22)23-16/h1-8H,10H2,(H4,21,22,23,24). The summed E-state index contributed by atoms with van der Waals surface area (Å²) in [5, 5.41) is 9.26. The van der Waals surface area contributed by atoms with E-state index in [9.17, 15) is 5.26 Å². The molecule has 7 heteroatoms. The van der Waals surface area contributed by atoms with Crippen LogP contribution in [0.4, 0.5) is 11.8 Å². The molecule has 25 heavy (non-hydrogen) atoms. The van der Waals surface area contributed by atoms with Crippen LogP contribution in [0.5, 0.6) is 5.75 Å². The van der Waals surface area contributed by atoms with Gasteiger partial charge in [-0.15, -0.1) is 0 Å². The lowest BCUT2D eigenvalue weighted by molar-refractivity contribution is 0.305. The fraction of sp³-hybridized carbons (Fsp3) is 0.0556. The Hall–Kier alpha value is -3.11. The first-order valence-corrected chi connectivity index (χ1v) is 8.17. The van der Waals surface area contributed by atoms with E-state index in [-0.39, 0.29) is 17.3 Å². The topological polar surface area (TPSA) is 111 Å². The summed E-state index contributed by atoms with van der Waals surface area (Å²) in [6, 6.07) is 17.1. The smallest absolute Gasteiger partial charge is 0.222 e. The predicted octanol–water partition coefficient (Wildman–Crippen LogP) is 3.52. The second kappa shape index (κ2) is 7.20. The van der Waals surface area contributed by atoms with Crippen molar-refractivity contribution in [1.29, 1.82) is 5.26 Å². The number of aromatic nitrogens is 2. The molecule has 0 saturated heterocycles. The van der Waals surface area contributed by atoms with Crippen LogP contribution in [0, 0.1) is 11.3 Å². The van der Waals surface area contributed by atoms with Gasteiger partial charge in [-0.2, -0.15) is 10.2 Å². The quantitative estimate of drug-likeness (QED) is 0.698. The van der Waals surface area contributed by atoms with Gasteiger partial charge in [0, 0.05) is 15.6 Å². The number of halogens is 1. The summed E-state index contributed by atoms with van der Waals surface area (Å²) in [7, 11) is 0. The van der Waals surface area contributed by atoms with Crippen molar-refractivity contribution in [3.63, 3.8) is 0 Å². The molecule has 3 aromatic rings. The van der Waals surface area contributed by atoms with Gasteiger partial charge in [0.05, 0.1) is 5.69 Å². The molecule has 2 aromatic carbocycles. The number of hydrogen-bond donors (Lipinski definition) is 2. The van der Waals surface area contributed by atoms with Gasteiger partial charge in [-0.05, 0) is 30.3 Å². The number of nitrogen functional groups attached to an aromatic ring is 2. The van der Waals surface area contributed by atoms with Crippen molar-refractivity contribution < 1.29 is 4.74 Å². The van der Waals surface area contributed by atoms with E-state index in [1.54, 1.807) is 12.1 Å². The van der Waals surface area contributed by atoms with Gasteiger partial charge in [-0.3, -0.25) is 0 Å². The molecule has 0 bridgehead atoms. The zero-order valence-electron chi connectivity index (χ0n) is 13.1. The van der Waals surface area contributed by atoms with Crippen molar-refractivity contribution in [2.75, 3.05) is 11.5 Å². The van der Waals surface area contributed by atoms with Gasteiger partial charge in [0.15, 0.2) is 0 Å². The molecule has 124 valence electrons. The number of nitrogens with two attached hydrogens (primary N) is 2. The van der Waals surface area contributed by atoms with Gasteiger partial charge >= 0.3 is 0 Å². The summed E-state index contributed by atoms with van der Waals surface area (Å²) < 4.78 is 6.79. The Morgan fingerprint density at radius 3 is 2.44 bits per heavy atom. The minimum atomic E-state index is 0.0285. The van der Waals surface area contributed by atoms with E-state index in [1.165, 1.54) is 0 Å². The van der Waals surface area contributed by atoms with Crippen LogP contribution < -0.4 is 16.2 Å². The third-order valence-electron chi connectivity index (χ3n) is 3.55. The van der Waals surface area contributed by atoms with Crippen LogP contribution in [0.15, 0.2) is 53.0 Å². The van der Waals surface area contributed by atoms with Crippen LogP contribution in [0.3, 0.4) is 0 Å². The number of nitriles is 1. The Morgan fingerprint density at radius 2 is 1.76 bits per heavy atom. The number of nitrogens with zero attached hydrogens (tertiary/aromatic N) is 3. The third kappa shape index (κ3) is 3.70. The predicted molar refractivity (Wildman–Crippen MR) is 99.5 cm³/mol. The minimum Gasteiger partial charge on any atom is -0.489 e. The van der Waals surface area contributed by atoms with Crippen molar-refractivity contribution in [2.24, 2.45) is 0 Å². The number of benzene rings is 2. The first-order valence-electron chi connectivity index (χ1n) is 7.38. The van der Waals surface area contributed by atoms with Gasteiger partial charge in [0.2, 0.25) is 5.95 Å². The average Bonchev–Trinajstić information content (AvgIpc) is 2.61. The molecule has 4 N–H and O–H groups in total. The molecule has 1 aromatic heterocycles. The number of ether oxygens (including phenoxy) is 1. The molecule has 0 spiro atoms. The van der Waals surface area contributed by atoms with Crippen LogP contribution in [0.2, 0.25) is 0 Å². The summed E-state index contributed by atoms with van der Waals surface area (Å²) in [5.74, 6) is 0.799. The van der Waals surface area contributed by atoms with E-state index in [1.807, 2.05) is 42.5 Å². The molecular weight excluding hydrogens is 382 g/mol. The fourth-order valence-corrected chi connectivity index (χ4v) is 2.70. The third-order valence-corrected chi connectivity index (χ3v) is 4.32. The van der Waals surface area contributed by atoms with Gasteiger partial charge in [0.1, 0.15) is 29.8 Å². The van der Waals surface area contributed by atoms with E-state index in [4.69, 9.17) is 16.2 Å². The van der Waals surface area contributed by atoms with Crippen LogP contribution in [0.25, 0.3) is 11.3 Å². The Bertz CT molecular complexity index is 951. The van der Waals surface area contributed by atoms with Gasteiger partial charge in [0.25, 0.3) is 0 Å². The number of anilines is 2. The Balaban J connectivity index is 1.82. The Labute approximate surface area is 153 Å². The minimum absolute atomic E-state index is 0.0285. The second-order valence-electron chi connectivity index (χ2n) is 5.21. The van der Waals surface area contributed by atoms with Crippen LogP contribution in [-0.4, -0.2) is 9.97 Å². The first kappa shape index (κ1) is 16.7. The fourth-order valence-electron chi connectivity index (χ4n) is 2.30. The van der Waals surface area contributed by atoms with Crippen molar-refractivity contribution in [3.8, 4) is 23.1 Å². The number of hydrogen-bond acceptors (Lipinski definition) is 6. The summed E-state index contributed by atoms with van der Waals surface area (Å²) >= 11 is 3.49. The molecule has 0 saturated carbocycles. The van der Waals surface area contributed by atoms with Crippen molar-refractivity contribution >= 4 is 27.7 Å². The zero-order valence-corrected chi connectivity index (χ0v) is 14.7. The maximum Gasteiger partial charge on any atom is 0.222 e. The van der Waals surface area contributed by atoms with Gasteiger partial charge in [-0.25, -0.2) is 4.98 Å². The molecule has 3 rings (SSSR count). The molecule has 0 aliphatic rings. The van der Waals surface area contributed by atoms with Crippen molar-refractivity contribution in [2.45, 2.75) is 6.61 Å². The van der Waals surface area contributed by atoms with E-state index >= 15 is 0 Å². The monoisotopic (exact) mass is 395 g/mol. The highest BCUT2D eigenvalue weighted by molar-refractivity contribution is 9.10. The van der Waals surface area contributed by atoms with Crippen molar-refractivity contribution in [3.05, 3.63) is 64.1 Å². The van der Waals surface area contributed by atoms with E-state index in [0.717, 1.165) is 10.0 Å². The highest BCUT2D eigenvalue weighted by Crippen LogP contribution is 2.27. The van der Waals surface area contributed by atoms with E-state index < -0.39 is 0 Å². The molecule has 0 amide bonds. The van der Waals surface area contributed by atoms with E-state index in [2.05, 4.69) is 25.9 Å². The lowest BCUT2D eigenvalue weighted by atomic mass is 10.1. The largest absolute Gasteiger partial charge is 0.489 e. The molecule has 0 aliphatic heterocycles. The normalized spacial score (nSPS) is 10.2. The first-order chi connectivity index (χ1) is 12.1. The molecule has 1 heterocycles. The Morgan fingerprint density at radius 1 is 1.04 bits per heavy atom. The molecule has 6 nitrogen and oxygen atoms in total. The molecule has 0 aliphatic carbocycles. The Kier molecular flexibility index (Phi) is 4.82. The lowest BCUT2D eigenvalue weighted by Crippen LogP contribution is -2.05. The average molecular weight is 396 g/mol. The lowest BCUT2D eigenvalue weighted by Gasteiger charge is -2.10. The molecule has 0 radical (unpaired) electrons. The summed E-state index contributed by atoms with van der Waals surface area (Å²) in [6.07, 6.45) is 0. The summed E-state index contributed by atoms with van der Waals surface area (Å²) in [5.41, 5.74) is 13.8. The van der Waals surface area contributed by atoms with E-state index in [0.29, 0.717) is 23.6 Å². The highest BCUT2D eigenvalue weighted by atomic mass is 79.9. The van der Waals surface area contributed by atoms with Crippen LogP contribution in [0.1, 0.15) is 11.1 Å².